The summed E-state index contributed by atoms with van der Waals surface area (Å²) in [5.74, 6) is 0. The van der Waals surface area contributed by atoms with Crippen LogP contribution in [-0.4, -0.2) is 12.6 Å². The van der Waals surface area contributed by atoms with Crippen LogP contribution in [0.3, 0.4) is 0 Å². The van der Waals surface area contributed by atoms with Gasteiger partial charge in [0, 0.05) is 0 Å². The summed E-state index contributed by atoms with van der Waals surface area (Å²) in [6.07, 6.45) is -0.0884. The molecule has 1 heterocycles. The number of hydrogen-bond acceptors (Lipinski definition) is 2. The van der Waals surface area contributed by atoms with Gasteiger partial charge in [-0.05, 0) is 22.2 Å². The first-order chi connectivity index (χ1) is 8.40. The van der Waals surface area contributed by atoms with E-state index in [9.17, 15) is 5.11 Å². The van der Waals surface area contributed by atoms with E-state index in [0.717, 1.165) is 22.2 Å². The van der Waals surface area contributed by atoms with Crippen molar-refractivity contribution in [3.63, 3.8) is 0 Å². The monoisotopic (exact) mass is 223 g/mol. The molecule has 1 radical (unpaired) electrons. The predicted octanol–water partition coefficient (Wildman–Crippen LogP) is 1.54. The fraction of sp³-hybridized carbons (Fsp3) is 0.143. The molecule has 0 aromatic heterocycles. The molecule has 1 aliphatic rings. The zero-order valence-corrected chi connectivity index (χ0v) is 9.34. The van der Waals surface area contributed by atoms with Crippen LogP contribution in [0.1, 0.15) is 22.8 Å². The fourth-order valence-electron chi connectivity index (χ4n) is 2.25. The van der Waals surface area contributed by atoms with Crippen LogP contribution < -0.4 is 5.46 Å². The first kappa shape index (κ1) is 10.6. The number of aliphatic hydroxyl groups is 1. The molecule has 0 aliphatic carbocycles. The van der Waals surface area contributed by atoms with Gasteiger partial charge in [-0.15, -0.1) is 0 Å². The predicted molar refractivity (Wildman–Crippen MR) is 67.1 cm³/mol. The van der Waals surface area contributed by atoms with Crippen molar-refractivity contribution in [3.05, 3.63) is 65.2 Å². The molecule has 1 atom stereocenters. The van der Waals surface area contributed by atoms with Crippen LogP contribution in [-0.2, 0) is 11.3 Å². The van der Waals surface area contributed by atoms with Crippen molar-refractivity contribution in [2.45, 2.75) is 12.7 Å². The van der Waals surface area contributed by atoms with Crippen LogP contribution in [0.15, 0.2) is 48.5 Å². The van der Waals surface area contributed by atoms with E-state index in [1.165, 1.54) is 0 Å². The van der Waals surface area contributed by atoms with Crippen LogP contribution in [0.4, 0.5) is 0 Å². The van der Waals surface area contributed by atoms with Gasteiger partial charge < -0.3 is 9.76 Å². The van der Waals surface area contributed by atoms with E-state index in [0.29, 0.717) is 0 Å². The van der Waals surface area contributed by atoms with E-state index in [-0.39, 0.29) is 12.7 Å². The Hall–Kier alpha value is -1.58. The number of hydrogen-bond donors (Lipinski definition) is 1. The second-order valence-electron chi connectivity index (χ2n) is 4.12. The second kappa shape index (κ2) is 4.36. The standard InChI is InChI=1S/C14H12BO2/c16-9-10-5-1-2-6-11(10)14-12-7-3-4-8-13(12)15-17-14/h1-8,14,16H,9H2. The zero-order chi connectivity index (χ0) is 11.7. The SMILES string of the molecule is OCc1ccccc1C1O[B]c2ccccc21. The first-order valence-electron chi connectivity index (χ1n) is 5.66. The van der Waals surface area contributed by atoms with Gasteiger partial charge in [0.1, 0.15) is 0 Å². The van der Waals surface area contributed by atoms with Crippen molar-refractivity contribution in [2.24, 2.45) is 0 Å². The average molecular weight is 223 g/mol. The minimum absolute atomic E-state index is 0.0399. The Morgan fingerprint density at radius 2 is 1.71 bits per heavy atom. The normalized spacial score (nSPS) is 17.6. The molecular weight excluding hydrogens is 211 g/mol. The molecule has 0 fully saturated rings. The van der Waals surface area contributed by atoms with Gasteiger partial charge in [0.15, 0.2) is 0 Å². The molecule has 3 rings (SSSR count). The van der Waals surface area contributed by atoms with E-state index in [4.69, 9.17) is 4.65 Å². The summed E-state index contributed by atoms with van der Waals surface area (Å²) in [5, 5.41) is 9.36. The van der Waals surface area contributed by atoms with Crippen LogP contribution >= 0.6 is 0 Å². The second-order valence-corrected chi connectivity index (χ2v) is 4.12. The highest BCUT2D eigenvalue weighted by Crippen LogP contribution is 2.30. The third-order valence-corrected chi connectivity index (χ3v) is 3.12. The highest BCUT2D eigenvalue weighted by molar-refractivity contribution is 6.49. The first-order valence-corrected chi connectivity index (χ1v) is 5.66. The van der Waals surface area contributed by atoms with Crippen molar-refractivity contribution in [2.75, 3.05) is 0 Å². The summed E-state index contributed by atoms with van der Waals surface area (Å²) in [7, 11) is 1.79. The number of benzene rings is 2. The summed E-state index contributed by atoms with van der Waals surface area (Å²) in [5.41, 5.74) is 4.23. The summed E-state index contributed by atoms with van der Waals surface area (Å²) in [6.45, 7) is 0.0399. The van der Waals surface area contributed by atoms with E-state index < -0.39 is 0 Å². The van der Waals surface area contributed by atoms with Crippen molar-refractivity contribution in [1.29, 1.82) is 0 Å². The van der Waals surface area contributed by atoms with Gasteiger partial charge in [-0.3, -0.25) is 0 Å². The van der Waals surface area contributed by atoms with Crippen LogP contribution in [0, 0.1) is 0 Å². The van der Waals surface area contributed by atoms with Gasteiger partial charge in [0.25, 0.3) is 0 Å². The molecule has 83 valence electrons. The van der Waals surface area contributed by atoms with E-state index in [1.807, 2.05) is 42.5 Å². The maximum Gasteiger partial charge on any atom is 0.331 e. The molecule has 2 aromatic rings. The lowest BCUT2D eigenvalue weighted by Gasteiger charge is -2.16. The molecule has 1 aliphatic heterocycles. The molecule has 0 spiro atoms. The van der Waals surface area contributed by atoms with Gasteiger partial charge in [-0.2, -0.15) is 0 Å². The molecule has 2 nitrogen and oxygen atoms in total. The van der Waals surface area contributed by atoms with E-state index >= 15 is 0 Å². The van der Waals surface area contributed by atoms with Crippen molar-refractivity contribution in [1.82, 2.24) is 0 Å². The Labute approximate surface area is 101 Å². The summed E-state index contributed by atoms with van der Waals surface area (Å²) in [4.78, 5) is 0. The number of fused-ring (bicyclic) bond motifs is 1. The van der Waals surface area contributed by atoms with Gasteiger partial charge in [-0.1, -0.05) is 48.5 Å². The molecule has 1 N–H and O–H groups in total. The largest absolute Gasteiger partial charge is 0.424 e. The molecule has 2 aromatic carbocycles. The Balaban J connectivity index is 2.07. The van der Waals surface area contributed by atoms with Crippen molar-refractivity contribution in [3.8, 4) is 0 Å². The minimum Gasteiger partial charge on any atom is -0.424 e. The quantitative estimate of drug-likeness (QED) is 0.782. The molecule has 0 amide bonds. The molecule has 1 unspecified atom stereocenters. The average Bonchev–Trinajstić information content (AvgIpc) is 2.82. The molecule has 3 heteroatoms. The van der Waals surface area contributed by atoms with Crippen LogP contribution in [0.25, 0.3) is 0 Å². The lowest BCUT2D eigenvalue weighted by atomic mass is 9.86. The molecule has 0 saturated heterocycles. The van der Waals surface area contributed by atoms with Crippen LogP contribution in [0.5, 0.6) is 0 Å². The molecule has 0 bridgehead atoms. The van der Waals surface area contributed by atoms with E-state index in [2.05, 4.69) is 6.07 Å². The summed E-state index contributed by atoms with van der Waals surface area (Å²) in [6, 6.07) is 16.0. The summed E-state index contributed by atoms with van der Waals surface area (Å²) < 4.78 is 5.72. The zero-order valence-electron chi connectivity index (χ0n) is 9.34. The lowest BCUT2D eigenvalue weighted by molar-refractivity contribution is 0.258. The highest BCUT2D eigenvalue weighted by atomic mass is 16.4. The molecule has 17 heavy (non-hydrogen) atoms. The highest BCUT2D eigenvalue weighted by Gasteiger charge is 2.26. The van der Waals surface area contributed by atoms with Gasteiger partial charge in [0.2, 0.25) is 0 Å². The van der Waals surface area contributed by atoms with Crippen LogP contribution in [0.2, 0.25) is 0 Å². The minimum atomic E-state index is -0.0884. The van der Waals surface area contributed by atoms with Gasteiger partial charge in [0.05, 0.1) is 12.7 Å². The fourth-order valence-corrected chi connectivity index (χ4v) is 2.25. The van der Waals surface area contributed by atoms with Crippen molar-refractivity contribution < 1.29 is 9.76 Å². The maximum atomic E-state index is 9.36. The number of aliphatic hydroxyl groups excluding tert-OH is 1. The third-order valence-electron chi connectivity index (χ3n) is 3.12. The molecular formula is C14H12BO2. The smallest absolute Gasteiger partial charge is 0.331 e. The lowest BCUT2D eigenvalue weighted by Crippen LogP contribution is -2.09. The topological polar surface area (TPSA) is 29.5 Å². The Morgan fingerprint density at radius 1 is 1.00 bits per heavy atom. The third kappa shape index (κ3) is 1.77. The number of rotatable bonds is 2. The Bertz CT molecular complexity index is 539. The van der Waals surface area contributed by atoms with Crippen molar-refractivity contribution >= 4 is 12.9 Å². The summed E-state index contributed by atoms with van der Waals surface area (Å²) >= 11 is 0. The van der Waals surface area contributed by atoms with E-state index in [1.54, 1.807) is 7.48 Å². The van der Waals surface area contributed by atoms with Gasteiger partial charge >= 0.3 is 7.48 Å². The Kier molecular flexibility index (Phi) is 2.71. The van der Waals surface area contributed by atoms with Gasteiger partial charge in [-0.25, -0.2) is 0 Å². The molecule has 0 saturated carbocycles. The Morgan fingerprint density at radius 3 is 2.53 bits per heavy atom. The maximum absolute atomic E-state index is 9.36.